The summed E-state index contributed by atoms with van der Waals surface area (Å²) < 4.78 is 5.40. The standard InChI is InChI=1S/C22H25N3O3/c1-22(2,3)21-23-14-18(19(26)24-21)20(27)25(15-17-10-7-13-28-17)12-11-16-8-5-4-6-9-16/h4-10,13-14H,11-12,15H2,1-3H3,(H,23,24,26). The fraction of sp³-hybridized carbons (Fsp3) is 0.318. The highest BCUT2D eigenvalue weighted by Crippen LogP contribution is 2.17. The fourth-order valence-corrected chi connectivity index (χ4v) is 2.85. The van der Waals surface area contributed by atoms with Crippen LogP contribution in [0.2, 0.25) is 0 Å². The van der Waals surface area contributed by atoms with Crippen molar-refractivity contribution >= 4 is 5.91 Å². The Balaban J connectivity index is 1.84. The number of carbonyl (C=O) groups is 1. The van der Waals surface area contributed by atoms with Crippen LogP contribution in [0.25, 0.3) is 0 Å². The van der Waals surface area contributed by atoms with E-state index in [0.717, 1.165) is 5.56 Å². The number of hydrogen-bond acceptors (Lipinski definition) is 4. The lowest BCUT2D eigenvalue weighted by molar-refractivity contribution is 0.0731. The zero-order valence-electron chi connectivity index (χ0n) is 16.4. The van der Waals surface area contributed by atoms with Crippen LogP contribution in [0.15, 0.2) is 64.1 Å². The van der Waals surface area contributed by atoms with Crippen LogP contribution in [0.5, 0.6) is 0 Å². The average Bonchev–Trinajstić information content (AvgIpc) is 3.18. The van der Waals surface area contributed by atoms with Gasteiger partial charge in [-0.1, -0.05) is 51.1 Å². The number of furan rings is 1. The van der Waals surface area contributed by atoms with Crippen molar-refractivity contribution in [1.82, 2.24) is 14.9 Å². The average molecular weight is 379 g/mol. The minimum absolute atomic E-state index is 0.0348. The van der Waals surface area contributed by atoms with Gasteiger partial charge in [-0.05, 0) is 24.1 Å². The molecule has 28 heavy (non-hydrogen) atoms. The van der Waals surface area contributed by atoms with Gasteiger partial charge in [-0.3, -0.25) is 9.59 Å². The summed E-state index contributed by atoms with van der Waals surface area (Å²) in [6.45, 7) is 6.62. The predicted octanol–water partition coefficient (Wildman–Crippen LogP) is 3.55. The first-order valence-electron chi connectivity index (χ1n) is 9.30. The highest BCUT2D eigenvalue weighted by molar-refractivity contribution is 5.93. The number of H-pyrrole nitrogens is 1. The molecule has 1 amide bonds. The molecule has 3 aromatic rings. The second-order valence-electron chi connectivity index (χ2n) is 7.77. The van der Waals surface area contributed by atoms with Crippen LogP contribution in [0, 0.1) is 0 Å². The lowest BCUT2D eigenvalue weighted by atomic mass is 9.96. The molecule has 6 heteroatoms. The van der Waals surface area contributed by atoms with E-state index >= 15 is 0 Å². The van der Waals surface area contributed by atoms with E-state index in [4.69, 9.17) is 4.42 Å². The van der Waals surface area contributed by atoms with Gasteiger partial charge in [0.05, 0.1) is 12.8 Å². The minimum atomic E-state index is -0.422. The van der Waals surface area contributed by atoms with Gasteiger partial charge in [0.25, 0.3) is 11.5 Å². The molecule has 6 nitrogen and oxygen atoms in total. The third-order valence-electron chi connectivity index (χ3n) is 4.47. The summed E-state index contributed by atoms with van der Waals surface area (Å²) in [7, 11) is 0. The van der Waals surface area contributed by atoms with Crippen LogP contribution < -0.4 is 5.56 Å². The summed E-state index contributed by atoms with van der Waals surface area (Å²) in [6.07, 6.45) is 3.62. The Morgan fingerprint density at radius 1 is 1.14 bits per heavy atom. The highest BCUT2D eigenvalue weighted by Gasteiger charge is 2.23. The Morgan fingerprint density at radius 2 is 1.89 bits per heavy atom. The van der Waals surface area contributed by atoms with Crippen molar-refractivity contribution in [2.45, 2.75) is 39.2 Å². The van der Waals surface area contributed by atoms with Gasteiger partial charge in [-0.15, -0.1) is 0 Å². The normalized spacial score (nSPS) is 11.4. The molecule has 0 aliphatic rings. The molecule has 1 N–H and O–H groups in total. The zero-order chi connectivity index (χ0) is 20.1. The first-order chi connectivity index (χ1) is 13.3. The van der Waals surface area contributed by atoms with Crippen molar-refractivity contribution in [2.24, 2.45) is 0 Å². The number of hydrogen-bond donors (Lipinski definition) is 1. The van der Waals surface area contributed by atoms with Crippen molar-refractivity contribution in [3.05, 3.63) is 88.0 Å². The van der Waals surface area contributed by atoms with Crippen LogP contribution in [0.3, 0.4) is 0 Å². The van der Waals surface area contributed by atoms with E-state index in [1.165, 1.54) is 6.20 Å². The number of nitrogens with one attached hydrogen (secondary N) is 1. The molecule has 0 aliphatic carbocycles. The first-order valence-corrected chi connectivity index (χ1v) is 9.30. The Hall–Kier alpha value is -3.15. The molecule has 1 aromatic carbocycles. The van der Waals surface area contributed by atoms with Gasteiger partial charge in [0.2, 0.25) is 0 Å². The van der Waals surface area contributed by atoms with Gasteiger partial charge in [-0.25, -0.2) is 4.98 Å². The van der Waals surface area contributed by atoms with E-state index in [-0.39, 0.29) is 16.9 Å². The van der Waals surface area contributed by atoms with Gasteiger partial charge >= 0.3 is 0 Å². The number of nitrogens with zero attached hydrogens (tertiary/aromatic N) is 2. The predicted molar refractivity (Wildman–Crippen MR) is 107 cm³/mol. The van der Waals surface area contributed by atoms with Gasteiger partial charge in [-0.2, -0.15) is 0 Å². The third kappa shape index (κ3) is 4.76. The Kier molecular flexibility index (Phi) is 5.78. The highest BCUT2D eigenvalue weighted by atomic mass is 16.3. The van der Waals surface area contributed by atoms with Crippen LogP contribution in [-0.2, 0) is 18.4 Å². The molecule has 0 atom stereocenters. The van der Waals surface area contributed by atoms with Crippen molar-refractivity contribution in [1.29, 1.82) is 0 Å². The molecule has 2 heterocycles. The van der Waals surface area contributed by atoms with Crippen molar-refractivity contribution in [2.75, 3.05) is 6.54 Å². The number of aromatic amines is 1. The zero-order valence-corrected chi connectivity index (χ0v) is 16.4. The fourth-order valence-electron chi connectivity index (χ4n) is 2.85. The number of carbonyl (C=O) groups excluding carboxylic acids is 1. The smallest absolute Gasteiger partial charge is 0.263 e. The van der Waals surface area contributed by atoms with E-state index in [2.05, 4.69) is 9.97 Å². The molecule has 0 bridgehead atoms. The van der Waals surface area contributed by atoms with Gasteiger partial charge in [0, 0.05) is 18.2 Å². The van der Waals surface area contributed by atoms with E-state index in [9.17, 15) is 9.59 Å². The summed E-state index contributed by atoms with van der Waals surface area (Å²) in [6, 6.07) is 13.5. The minimum Gasteiger partial charge on any atom is -0.467 e. The number of amides is 1. The van der Waals surface area contributed by atoms with Gasteiger partial charge in [0.15, 0.2) is 0 Å². The Morgan fingerprint density at radius 3 is 2.50 bits per heavy atom. The van der Waals surface area contributed by atoms with E-state index in [1.807, 2.05) is 57.2 Å². The molecule has 146 valence electrons. The molecular weight excluding hydrogens is 354 g/mol. The maximum absolute atomic E-state index is 13.1. The van der Waals surface area contributed by atoms with Crippen molar-refractivity contribution in [3.8, 4) is 0 Å². The lowest BCUT2D eigenvalue weighted by Gasteiger charge is -2.22. The molecule has 0 saturated carbocycles. The molecule has 3 rings (SSSR count). The largest absolute Gasteiger partial charge is 0.467 e. The van der Waals surface area contributed by atoms with Crippen LogP contribution >= 0.6 is 0 Å². The van der Waals surface area contributed by atoms with Crippen molar-refractivity contribution < 1.29 is 9.21 Å². The van der Waals surface area contributed by atoms with Crippen LogP contribution in [-0.4, -0.2) is 27.3 Å². The lowest BCUT2D eigenvalue weighted by Crippen LogP contribution is -2.37. The van der Waals surface area contributed by atoms with Gasteiger partial charge < -0.3 is 14.3 Å². The molecule has 0 unspecified atom stereocenters. The maximum Gasteiger partial charge on any atom is 0.263 e. The Labute approximate surface area is 164 Å². The van der Waals surface area contributed by atoms with Crippen LogP contribution in [0.4, 0.5) is 0 Å². The molecule has 0 fully saturated rings. The topological polar surface area (TPSA) is 79.2 Å². The molecule has 0 spiro atoms. The van der Waals surface area contributed by atoms with Crippen LogP contribution in [0.1, 0.15) is 48.3 Å². The van der Waals surface area contributed by atoms with E-state index in [1.54, 1.807) is 17.2 Å². The first kappa shape index (κ1) is 19.6. The summed E-state index contributed by atoms with van der Waals surface area (Å²) in [4.78, 5) is 34.3. The SMILES string of the molecule is CC(C)(C)c1ncc(C(=O)N(CCc2ccccc2)Cc2ccco2)c(=O)[nH]1. The number of benzene rings is 1. The Bertz CT molecular complexity index is 970. The number of rotatable bonds is 6. The number of aromatic nitrogens is 2. The molecule has 0 saturated heterocycles. The molecule has 2 aromatic heterocycles. The maximum atomic E-state index is 13.1. The molecule has 0 aliphatic heterocycles. The van der Waals surface area contributed by atoms with Crippen molar-refractivity contribution in [3.63, 3.8) is 0 Å². The second kappa shape index (κ2) is 8.25. The summed E-state index contributed by atoms with van der Waals surface area (Å²) in [5.41, 5.74) is 0.429. The third-order valence-corrected chi connectivity index (χ3v) is 4.47. The second-order valence-corrected chi connectivity index (χ2v) is 7.77. The van der Waals surface area contributed by atoms with E-state index < -0.39 is 5.56 Å². The van der Waals surface area contributed by atoms with Gasteiger partial charge in [0.1, 0.15) is 17.1 Å². The van der Waals surface area contributed by atoms with E-state index in [0.29, 0.717) is 31.1 Å². The summed E-state index contributed by atoms with van der Waals surface area (Å²) in [5, 5.41) is 0. The monoisotopic (exact) mass is 379 g/mol. The molecule has 0 radical (unpaired) electrons. The summed E-state index contributed by atoms with van der Waals surface area (Å²) >= 11 is 0. The molecular formula is C22H25N3O3. The summed E-state index contributed by atoms with van der Waals surface area (Å²) in [5.74, 6) is 0.856. The quantitative estimate of drug-likeness (QED) is 0.710.